The number of nitrogens with one attached hydrogen (secondary N) is 1. The summed E-state index contributed by atoms with van der Waals surface area (Å²) in [5.41, 5.74) is 3.21. The van der Waals surface area contributed by atoms with E-state index in [1.165, 1.54) is 0 Å². The summed E-state index contributed by atoms with van der Waals surface area (Å²) in [6, 6.07) is 10.8. The molecule has 0 aromatic heterocycles. The van der Waals surface area contributed by atoms with Crippen LogP contribution in [0, 0.1) is 0 Å². The number of amides is 1. The van der Waals surface area contributed by atoms with E-state index >= 15 is 0 Å². The largest absolute Gasteiger partial charge is 0.396 e. The van der Waals surface area contributed by atoms with Gasteiger partial charge in [-0.15, -0.1) is 0 Å². The van der Waals surface area contributed by atoms with Crippen LogP contribution in [0.5, 0.6) is 0 Å². The van der Waals surface area contributed by atoms with Crippen LogP contribution in [0.15, 0.2) is 36.4 Å². The van der Waals surface area contributed by atoms with Crippen LogP contribution in [0.2, 0.25) is 10.0 Å². The molecule has 0 saturated heterocycles. The summed E-state index contributed by atoms with van der Waals surface area (Å²) in [5, 5.41) is 42.6. The molecule has 0 aliphatic carbocycles. The maximum atomic E-state index is 12.6. The molecule has 31 heavy (non-hydrogen) atoms. The zero-order valence-electron chi connectivity index (χ0n) is 17.0. The van der Waals surface area contributed by atoms with Gasteiger partial charge >= 0.3 is 0 Å². The fourth-order valence-electron chi connectivity index (χ4n) is 3.90. The molecule has 2 aromatic carbocycles. The normalized spacial score (nSPS) is 19.4. The Morgan fingerprint density at radius 1 is 1.19 bits per heavy atom. The van der Waals surface area contributed by atoms with Gasteiger partial charge < -0.3 is 30.6 Å². The highest BCUT2D eigenvalue weighted by atomic mass is 35.5. The number of halogens is 2. The number of benzene rings is 2. The first-order chi connectivity index (χ1) is 14.7. The van der Waals surface area contributed by atoms with Crippen LogP contribution >= 0.6 is 23.2 Å². The molecule has 1 heterocycles. The third-order valence-electron chi connectivity index (χ3n) is 5.50. The van der Waals surface area contributed by atoms with E-state index in [1.807, 2.05) is 25.2 Å². The lowest BCUT2D eigenvalue weighted by molar-refractivity contribution is -0.136. The molecule has 0 bridgehead atoms. The summed E-state index contributed by atoms with van der Waals surface area (Å²) in [6.45, 7) is 0.954. The van der Waals surface area contributed by atoms with Crippen molar-refractivity contribution in [3.63, 3.8) is 0 Å². The summed E-state index contributed by atoms with van der Waals surface area (Å²) >= 11 is 12.7. The minimum atomic E-state index is -1.86. The average molecular weight is 469 g/mol. The van der Waals surface area contributed by atoms with Gasteiger partial charge in [0.1, 0.15) is 6.10 Å². The van der Waals surface area contributed by atoms with Gasteiger partial charge in [-0.05, 0) is 48.4 Å². The number of hydrogen-bond acceptors (Lipinski definition) is 6. The summed E-state index contributed by atoms with van der Waals surface area (Å²) in [4.78, 5) is 14.7. The summed E-state index contributed by atoms with van der Waals surface area (Å²) in [6.07, 6.45) is -5.17. The number of rotatable bonds is 7. The number of aliphatic hydroxyl groups is 4. The highest BCUT2D eigenvalue weighted by Crippen LogP contribution is 2.40. The molecule has 1 aliphatic rings. The lowest BCUT2D eigenvalue weighted by Gasteiger charge is -2.34. The Morgan fingerprint density at radius 3 is 2.61 bits per heavy atom. The van der Waals surface area contributed by atoms with Gasteiger partial charge in [-0.1, -0.05) is 41.4 Å². The molecule has 4 atom stereocenters. The summed E-state index contributed by atoms with van der Waals surface area (Å²) in [5.74, 6) is -0.992. The molecule has 168 valence electrons. The summed E-state index contributed by atoms with van der Waals surface area (Å²) in [7, 11) is 1.98. The molecular weight excluding hydrogens is 443 g/mol. The smallest absolute Gasteiger partial charge is 0.256 e. The molecule has 9 heteroatoms. The van der Waals surface area contributed by atoms with Gasteiger partial charge in [0.2, 0.25) is 0 Å². The van der Waals surface area contributed by atoms with E-state index in [0.29, 0.717) is 28.8 Å². The minimum Gasteiger partial charge on any atom is -0.396 e. The topological polar surface area (TPSA) is 113 Å². The molecule has 1 amide bonds. The second-order valence-corrected chi connectivity index (χ2v) is 8.64. The third-order valence-corrected chi connectivity index (χ3v) is 6.05. The number of para-hydroxylation sites is 1. The van der Waals surface area contributed by atoms with Gasteiger partial charge in [-0.25, -0.2) is 0 Å². The molecule has 5 N–H and O–H groups in total. The maximum Gasteiger partial charge on any atom is 0.256 e. The first-order valence-electron chi connectivity index (χ1n) is 9.94. The van der Waals surface area contributed by atoms with Crippen LogP contribution in [-0.2, 0) is 11.3 Å². The highest BCUT2D eigenvalue weighted by molar-refractivity contribution is 6.35. The van der Waals surface area contributed by atoms with E-state index < -0.39 is 24.2 Å². The van der Waals surface area contributed by atoms with Gasteiger partial charge in [0, 0.05) is 41.3 Å². The number of anilines is 1. The van der Waals surface area contributed by atoms with Crippen LogP contribution in [0.3, 0.4) is 0 Å². The van der Waals surface area contributed by atoms with Gasteiger partial charge in [-0.3, -0.25) is 4.79 Å². The van der Waals surface area contributed by atoms with Crippen molar-refractivity contribution in [1.82, 2.24) is 4.90 Å². The summed E-state index contributed by atoms with van der Waals surface area (Å²) < 4.78 is 0. The number of hydrogen-bond donors (Lipinski definition) is 5. The quantitative estimate of drug-likeness (QED) is 0.424. The monoisotopic (exact) mass is 468 g/mol. The number of fused-ring (bicyclic) bond motifs is 1. The minimum absolute atomic E-state index is 0.136. The van der Waals surface area contributed by atoms with E-state index in [1.54, 1.807) is 18.2 Å². The second-order valence-electron chi connectivity index (χ2n) is 7.80. The molecule has 1 aliphatic heterocycles. The van der Waals surface area contributed by atoms with Gasteiger partial charge in [0.15, 0.2) is 6.10 Å². The Bertz CT molecular complexity index is 942. The molecule has 0 radical (unpaired) electrons. The second kappa shape index (κ2) is 10.3. The number of nitrogens with zero attached hydrogens (tertiary/aromatic N) is 1. The van der Waals surface area contributed by atoms with Gasteiger partial charge in [0.25, 0.3) is 5.91 Å². The Balaban J connectivity index is 1.91. The molecule has 7 nitrogen and oxygen atoms in total. The molecule has 3 rings (SSSR count). The predicted molar refractivity (Wildman–Crippen MR) is 119 cm³/mol. The van der Waals surface area contributed by atoms with E-state index in [4.69, 9.17) is 28.3 Å². The standard InChI is InChI=1S/C22H26Cl2N2O5/c1-26-10-15(14-8-12(23)9-17(24)16(14)11-26)13-4-2-3-5-18(13)25-22(31)21(30)20(29)19(28)6-7-27/h2-5,8-9,15,19-21,27-30H,6-7,10-11H2,1H3,(H,25,31). The third kappa shape index (κ3) is 5.38. The molecule has 4 unspecified atom stereocenters. The Hall–Kier alpha value is -1.71. The lowest BCUT2D eigenvalue weighted by Crippen LogP contribution is -2.45. The van der Waals surface area contributed by atoms with Crippen molar-refractivity contribution in [2.75, 3.05) is 25.5 Å². The van der Waals surface area contributed by atoms with Crippen molar-refractivity contribution in [3.8, 4) is 0 Å². The average Bonchev–Trinajstić information content (AvgIpc) is 2.73. The fourth-order valence-corrected chi connectivity index (χ4v) is 4.47. The van der Waals surface area contributed by atoms with Crippen molar-refractivity contribution in [3.05, 3.63) is 63.1 Å². The van der Waals surface area contributed by atoms with Gasteiger partial charge in [0.05, 0.1) is 6.10 Å². The molecule has 0 spiro atoms. The molecule has 0 saturated carbocycles. The van der Waals surface area contributed by atoms with Crippen LogP contribution in [0.1, 0.15) is 29.0 Å². The van der Waals surface area contributed by atoms with Crippen LogP contribution < -0.4 is 5.32 Å². The number of aliphatic hydroxyl groups excluding tert-OH is 4. The van der Waals surface area contributed by atoms with Crippen molar-refractivity contribution >= 4 is 34.8 Å². The first kappa shape index (κ1) is 23.9. The first-order valence-corrected chi connectivity index (χ1v) is 10.7. The van der Waals surface area contributed by atoms with E-state index in [2.05, 4.69) is 10.2 Å². The highest BCUT2D eigenvalue weighted by Gasteiger charge is 2.32. The Kier molecular flexibility index (Phi) is 7.93. The zero-order chi connectivity index (χ0) is 22.7. The molecule has 2 aromatic rings. The van der Waals surface area contributed by atoms with Crippen molar-refractivity contribution in [2.24, 2.45) is 0 Å². The molecule has 0 fully saturated rings. The van der Waals surface area contributed by atoms with Gasteiger partial charge in [-0.2, -0.15) is 0 Å². The predicted octanol–water partition coefficient (Wildman–Crippen LogP) is 1.97. The van der Waals surface area contributed by atoms with Crippen molar-refractivity contribution in [2.45, 2.75) is 37.2 Å². The van der Waals surface area contributed by atoms with Crippen LogP contribution in [0.4, 0.5) is 5.69 Å². The number of carbonyl (C=O) groups is 1. The Morgan fingerprint density at radius 2 is 1.90 bits per heavy atom. The fraction of sp³-hybridized carbons (Fsp3) is 0.409. The number of likely N-dealkylation sites (N-methyl/N-ethyl adjacent to an activating group) is 1. The zero-order valence-corrected chi connectivity index (χ0v) is 18.5. The van der Waals surface area contributed by atoms with E-state index in [9.17, 15) is 20.1 Å². The molecular formula is C22H26Cl2N2O5. The lowest BCUT2D eigenvalue weighted by atomic mass is 9.84. The Labute approximate surface area is 190 Å². The van der Waals surface area contributed by atoms with Crippen molar-refractivity contribution in [1.29, 1.82) is 0 Å². The van der Waals surface area contributed by atoms with Crippen molar-refractivity contribution < 1.29 is 25.2 Å². The van der Waals surface area contributed by atoms with Crippen LogP contribution in [0.25, 0.3) is 0 Å². The van der Waals surface area contributed by atoms with E-state index in [-0.39, 0.29) is 18.9 Å². The maximum absolute atomic E-state index is 12.6. The SMILES string of the molecule is CN1Cc2c(Cl)cc(Cl)cc2C(c2ccccc2NC(=O)C(O)C(O)C(O)CCO)C1. The van der Waals surface area contributed by atoms with Crippen LogP contribution in [-0.4, -0.2) is 69.7 Å². The van der Waals surface area contributed by atoms with E-state index in [0.717, 1.165) is 16.7 Å². The number of carbonyl (C=O) groups excluding carboxylic acids is 1.